The first-order valence-electron chi connectivity index (χ1n) is 7.06. The van der Waals surface area contributed by atoms with E-state index in [9.17, 15) is 0 Å². The summed E-state index contributed by atoms with van der Waals surface area (Å²) in [5, 5.41) is 0. The zero-order chi connectivity index (χ0) is 12.6. The second-order valence-corrected chi connectivity index (χ2v) is 6.56. The Morgan fingerprint density at radius 2 is 1.12 bits per heavy atom. The summed E-state index contributed by atoms with van der Waals surface area (Å²) in [5.74, 6) is 3.31. The van der Waals surface area contributed by atoms with Crippen LogP contribution in [-0.2, 0) is 0 Å². The quantitative estimate of drug-likeness (QED) is 0.686. The lowest BCUT2D eigenvalue weighted by molar-refractivity contribution is -0.0524. The highest BCUT2D eigenvalue weighted by atomic mass is 15.2. The molecule has 0 aliphatic carbocycles. The summed E-state index contributed by atoms with van der Waals surface area (Å²) >= 11 is 0. The van der Waals surface area contributed by atoms with Crippen molar-refractivity contribution in [3.63, 3.8) is 0 Å². The number of rotatable bonds is 2. The van der Waals surface area contributed by atoms with Gasteiger partial charge in [-0.15, -0.1) is 0 Å². The normalized spacial score (nSPS) is 42.0. The maximum absolute atomic E-state index is 2.72. The van der Waals surface area contributed by atoms with Gasteiger partial charge in [0.15, 0.2) is 0 Å². The summed E-state index contributed by atoms with van der Waals surface area (Å²) in [6.07, 6.45) is 0. The first kappa shape index (κ1) is 14.0. The number of hydrogen-bond acceptors (Lipinski definition) is 1. The third-order valence-electron chi connectivity index (χ3n) is 5.04. The van der Waals surface area contributed by atoms with E-state index in [1.54, 1.807) is 0 Å². The Morgan fingerprint density at radius 1 is 0.750 bits per heavy atom. The van der Waals surface area contributed by atoms with E-state index in [0.717, 1.165) is 35.8 Å². The Kier molecular flexibility index (Phi) is 4.45. The Bertz CT molecular complexity index is 181. The van der Waals surface area contributed by atoms with Crippen molar-refractivity contribution < 1.29 is 0 Å². The van der Waals surface area contributed by atoms with Crippen LogP contribution < -0.4 is 0 Å². The van der Waals surface area contributed by atoms with Crippen LogP contribution in [0, 0.1) is 23.7 Å². The largest absolute Gasteiger partial charge is 0.295 e. The van der Waals surface area contributed by atoms with Gasteiger partial charge in [-0.05, 0) is 51.4 Å². The fourth-order valence-corrected chi connectivity index (χ4v) is 4.19. The molecule has 0 radical (unpaired) electrons. The summed E-state index contributed by atoms with van der Waals surface area (Å²) in [4.78, 5) is 2.72. The summed E-state index contributed by atoms with van der Waals surface area (Å²) in [5.41, 5.74) is 0. The molecule has 1 heteroatoms. The van der Waals surface area contributed by atoms with Gasteiger partial charge in [-0.1, -0.05) is 27.7 Å². The van der Waals surface area contributed by atoms with Crippen molar-refractivity contribution in [3.8, 4) is 0 Å². The lowest BCUT2D eigenvalue weighted by Gasteiger charge is -2.53. The molecule has 1 rings (SSSR count). The van der Waals surface area contributed by atoms with E-state index < -0.39 is 0 Å². The molecule has 1 aliphatic rings. The van der Waals surface area contributed by atoms with Crippen molar-refractivity contribution in [1.82, 2.24) is 4.90 Å². The fourth-order valence-electron chi connectivity index (χ4n) is 4.19. The van der Waals surface area contributed by atoms with Crippen LogP contribution in [-0.4, -0.2) is 23.0 Å². The highest BCUT2D eigenvalue weighted by Crippen LogP contribution is 2.41. The molecule has 4 atom stereocenters. The van der Waals surface area contributed by atoms with Gasteiger partial charge in [0.1, 0.15) is 0 Å². The first-order valence-corrected chi connectivity index (χ1v) is 7.06. The molecule has 1 fully saturated rings. The molecule has 1 heterocycles. The van der Waals surface area contributed by atoms with Gasteiger partial charge in [-0.3, -0.25) is 4.90 Å². The predicted molar refractivity (Wildman–Crippen MR) is 72.6 cm³/mol. The van der Waals surface area contributed by atoms with Gasteiger partial charge in [-0.2, -0.15) is 0 Å². The molecule has 0 aromatic rings. The van der Waals surface area contributed by atoms with Crippen LogP contribution in [0.1, 0.15) is 55.4 Å². The van der Waals surface area contributed by atoms with Gasteiger partial charge in [0.2, 0.25) is 0 Å². The van der Waals surface area contributed by atoms with Crippen LogP contribution in [0.3, 0.4) is 0 Å². The molecule has 4 unspecified atom stereocenters. The van der Waals surface area contributed by atoms with Gasteiger partial charge >= 0.3 is 0 Å². The Hall–Kier alpha value is -0.0400. The molecule has 96 valence electrons. The molecule has 16 heavy (non-hydrogen) atoms. The van der Waals surface area contributed by atoms with Crippen molar-refractivity contribution in [2.75, 3.05) is 0 Å². The predicted octanol–water partition coefficient (Wildman–Crippen LogP) is 4.03. The van der Waals surface area contributed by atoms with Crippen molar-refractivity contribution >= 4 is 0 Å². The average Bonchev–Trinajstić information content (AvgIpc) is 2.14. The third kappa shape index (κ3) is 2.30. The van der Waals surface area contributed by atoms with E-state index in [2.05, 4.69) is 60.3 Å². The highest BCUT2D eigenvalue weighted by Gasteiger charge is 2.43. The molecule has 1 aliphatic heterocycles. The van der Waals surface area contributed by atoms with E-state index in [1.807, 2.05) is 0 Å². The van der Waals surface area contributed by atoms with Gasteiger partial charge in [0.25, 0.3) is 0 Å². The third-order valence-corrected chi connectivity index (χ3v) is 5.04. The van der Waals surface area contributed by atoms with Gasteiger partial charge in [0, 0.05) is 18.1 Å². The fraction of sp³-hybridized carbons (Fsp3) is 1.00. The minimum atomic E-state index is 0.669. The topological polar surface area (TPSA) is 3.24 Å². The van der Waals surface area contributed by atoms with Gasteiger partial charge in [-0.25, -0.2) is 0 Å². The van der Waals surface area contributed by atoms with E-state index in [1.165, 1.54) is 0 Å². The zero-order valence-corrected chi connectivity index (χ0v) is 12.5. The van der Waals surface area contributed by atoms with E-state index in [0.29, 0.717) is 6.04 Å². The van der Waals surface area contributed by atoms with Crippen LogP contribution >= 0.6 is 0 Å². The number of hydrogen-bond donors (Lipinski definition) is 0. The Labute approximate surface area is 103 Å². The summed E-state index contributed by atoms with van der Waals surface area (Å²) < 4.78 is 0. The zero-order valence-electron chi connectivity index (χ0n) is 12.5. The minimum Gasteiger partial charge on any atom is -0.295 e. The first-order chi connectivity index (χ1) is 7.29. The van der Waals surface area contributed by atoms with Gasteiger partial charge in [0.05, 0.1) is 0 Å². The molecule has 0 N–H and O–H groups in total. The Morgan fingerprint density at radius 3 is 1.38 bits per heavy atom. The second kappa shape index (κ2) is 5.08. The minimum absolute atomic E-state index is 0.669. The molecule has 0 saturated carbocycles. The molecular weight excluding hydrogens is 194 g/mol. The van der Waals surface area contributed by atoms with Crippen molar-refractivity contribution in [3.05, 3.63) is 0 Å². The molecule has 0 amide bonds. The average molecular weight is 225 g/mol. The molecule has 0 spiro atoms. The lowest BCUT2D eigenvalue weighted by atomic mass is 9.67. The molecule has 0 aromatic heterocycles. The van der Waals surface area contributed by atoms with Crippen LogP contribution in [0.5, 0.6) is 0 Å². The number of piperidine rings is 1. The van der Waals surface area contributed by atoms with Crippen molar-refractivity contribution in [2.45, 2.75) is 73.5 Å². The summed E-state index contributed by atoms with van der Waals surface area (Å²) in [6, 6.07) is 2.11. The van der Waals surface area contributed by atoms with E-state index in [-0.39, 0.29) is 0 Å². The van der Waals surface area contributed by atoms with Crippen molar-refractivity contribution in [1.29, 1.82) is 0 Å². The van der Waals surface area contributed by atoms with Crippen LogP contribution in [0.2, 0.25) is 0 Å². The molecular formula is C15H31N. The molecule has 0 aromatic carbocycles. The SMILES string of the molecule is CC(C)C1C(C)C(C)N(C(C)C)C(C)C1C. The van der Waals surface area contributed by atoms with Crippen LogP contribution in [0.4, 0.5) is 0 Å². The highest BCUT2D eigenvalue weighted by molar-refractivity contribution is 4.95. The summed E-state index contributed by atoms with van der Waals surface area (Å²) in [6.45, 7) is 19.2. The standard InChI is InChI=1S/C15H31N/c1-9(2)15-11(5)13(7)16(10(3)4)14(8)12(15)6/h9-15H,1-8H3. The van der Waals surface area contributed by atoms with Crippen molar-refractivity contribution in [2.24, 2.45) is 23.7 Å². The smallest absolute Gasteiger partial charge is 0.0101 e. The molecule has 1 saturated heterocycles. The monoisotopic (exact) mass is 225 g/mol. The lowest BCUT2D eigenvalue weighted by Crippen LogP contribution is -2.58. The maximum atomic E-state index is 2.72. The second-order valence-electron chi connectivity index (χ2n) is 6.56. The van der Waals surface area contributed by atoms with Gasteiger partial charge < -0.3 is 0 Å². The maximum Gasteiger partial charge on any atom is 0.0101 e. The van der Waals surface area contributed by atoms with E-state index in [4.69, 9.17) is 0 Å². The molecule has 0 bridgehead atoms. The van der Waals surface area contributed by atoms with Crippen LogP contribution in [0.25, 0.3) is 0 Å². The molecule has 1 nitrogen and oxygen atoms in total. The van der Waals surface area contributed by atoms with Crippen LogP contribution in [0.15, 0.2) is 0 Å². The number of nitrogens with zero attached hydrogens (tertiary/aromatic N) is 1. The number of likely N-dealkylation sites (tertiary alicyclic amines) is 1. The summed E-state index contributed by atoms with van der Waals surface area (Å²) in [7, 11) is 0. The van der Waals surface area contributed by atoms with E-state index >= 15 is 0 Å². The Balaban J connectivity index is 2.94.